The summed E-state index contributed by atoms with van der Waals surface area (Å²) in [4.78, 5) is 0. The Bertz CT molecular complexity index is 651. The van der Waals surface area contributed by atoms with Gasteiger partial charge >= 0.3 is 0 Å². The second-order valence-electron chi connectivity index (χ2n) is 5.38. The highest BCUT2D eigenvalue weighted by molar-refractivity contribution is 8.93. The number of hydrogen-bond acceptors (Lipinski definition) is 4. The molecule has 0 bridgehead atoms. The minimum absolute atomic E-state index is 0. The summed E-state index contributed by atoms with van der Waals surface area (Å²) >= 11 is 0. The van der Waals surface area contributed by atoms with E-state index in [2.05, 4.69) is 0 Å². The summed E-state index contributed by atoms with van der Waals surface area (Å²) in [6.07, 6.45) is 10.1. The molecule has 2 rings (SSSR count). The normalized spacial score (nSPS) is 9.60. The lowest BCUT2D eigenvalue weighted by Gasteiger charge is -2.06. The van der Waals surface area contributed by atoms with E-state index >= 15 is 0 Å². The molecule has 0 unspecified atom stereocenters. The van der Waals surface area contributed by atoms with Crippen LogP contribution in [0.2, 0.25) is 0 Å². The monoisotopic (exact) mass is 472 g/mol. The Morgan fingerprint density at radius 2 is 1.16 bits per heavy atom. The summed E-state index contributed by atoms with van der Waals surface area (Å²) in [5, 5.41) is 36.3. The standard InChI is InChI=1S/C17H20N4O2.2BrH/c18-16(22)14-6-4-10-20(12-14)8-2-1-3-9-21-11-5-7-15(13-21)17(19)23;;/h4-7,10-13H,1-3,8-9H2,(H2-2,18,19,22,23);2*1H. The average molecular weight is 474 g/mol. The van der Waals surface area contributed by atoms with E-state index in [9.17, 15) is 10.2 Å². The smallest absolute Gasteiger partial charge is 0.176 e. The molecule has 0 saturated carbocycles. The molecule has 6 nitrogen and oxygen atoms in total. The Labute approximate surface area is 168 Å². The van der Waals surface area contributed by atoms with E-state index in [-0.39, 0.29) is 34.0 Å². The molecule has 8 heteroatoms. The van der Waals surface area contributed by atoms with Crippen molar-refractivity contribution >= 4 is 45.8 Å². The van der Waals surface area contributed by atoms with Gasteiger partial charge in [-0.15, -0.1) is 34.0 Å². The number of pyridine rings is 2. The molecule has 2 aromatic rings. The van der Waals surface area contributed by atoms with Gasteiger partial charge in [-0.25, -0.2) is 9.13 Å². The van der Waals surface area contributed by atoms with Crippen molar-refractivity contribution in [3.63, 3.8) is 0 Å². The van der Waals surface area contributed by atoms with Gasteiger partial charge in [0.05, 0.1) is 0 Å². The lowest BCUT2D eigenvalue weighted by atomic mass is 10.2. The van der Waals surface area contributed by atoms with E-state index in [1.54, 1.807) is 36.7 Å². The Balaban J connectivity index is 0.00000288. The molecule has 2 heterocycles. The van der Waals surface area contributed by atoms with Crippen LogP contribution in [0.1, 0.15) is 30.4 Å². The molecular weight excluding hydrogens is 452 g/mol. The van der Waals surface area contributed by atoms with Crippen molar-refractivity contribution in [2.75, 3.05) is 0 Å². The molecule has 0 amide bonds. The van der Waals surface area contributed by atoms with Crippen LogP contribution in [0.4, 0.5) is 0 Å². The fourth-order valence-electron chi connectivity index (χ4n) is 2.36. The van der Waals surface area contributed by atoms with Crippen LogP contribution in [0, 0.1) is 10.8 Å². The molecule has 0 aliphatic heterocycles. The topological polar surface area (TPSA) is 102 Å². The summed E-state index contributed by atoms with van der Waals surface area (Å²) in [6.45, 7) is 1.61. The minimum atomic E-state index is -0.667. The molecule has 0 atom stereocenters. The van der Waals surface area contributed by atoms with Gasteiger partial charge < -0.3 is 21.0 Å². The first-order chi connectivity index (χ1) is 11.1. The molecule has 0 aromatic carbocycles. The van der Waals surface area contributed by atoms with Crippen LogP contribution in [0.5, 0.6) is 0 Å². The second kappa shape index (κ2) is 11.7. The molecule has 0 spiro atoms. The second-order valence-corrected chi connectivity index (χ2v) is 5.38. The first kappa shape index (κ1) is 23.2. The Kier molecular flexibility index (Phi) is 10.9. The quantitative estimate of drug-likeness (QED) is 0.254. The van der Waals surface area contributed by atoms with Crippen LogP contribution in [0.25, 0.3) is 0 Å². The molecule has 0 aliphatic rings. The first-order valence-electron chi connectivity index (χ1n) is 7.56. The largest absolute Gasteiger partial charge is 0.859 e. The van der Waals surface area contributed by atoms with Crippen LogP contribution in [-0.2, 0) is 13.1 Å². The van der Waals surface area contributed by atoms with Crippen LogP contribution in [0.3, 0.4) is 0 Å². The molecule has 2 N–H and O–H groups in total. The molecule has 0 fully saturated rings. The van der Waals surface area contributed by atoms with Gasteiger partial charge in [0.15, 0.2) is 24.8 Å². The number of halogens is 2. The van der Waals surface area contributed by atoms with Crippen molar-refractivity contribution in [1.29, 1.82) is 10.8 Å². The van der Waals surface area contributed by atoms with E-state index in [4.69, 9.17) is 10.8 Å². The highest BCUT2D eigenvalue weighted by Crippen LogP contribution is 1.98. The third kappa shape index (κ3) is 7.74. The van der Waals surface area contributed by atoms with E-state index in [0.29, 0.717) is 11.1 Å². The van der Waals surface area contributed by atoms with Crippen molar-refractivity contribution in [1.82, 2.24) is 0 Å². The number of nitrogens with zero attached hydrogens (tertiary/aromatic N) is 2. The van der Waals surface area contributed by atoms with E-state index < -0.39 is 11.8 Å². The molecule has 0 aliphatic carbocycles. The third-order valence-corrected chi connectivity index (χ3v) is 3.57. The van der Waals surface area contributed by atoms with Gasteiger partial charge in [-0.1, -0.05) is 0 Å². The maximum absolute atomic E-state index is 11.0. The maximum Gasteiger partial charge on any atom is 0.176 e. The number of aromatic nitrogens is 2. The van der Waals surface area contributed by atoms with Crippen LogP contribution >= 0.6 is 34.0 Å². The Morgan fingerprint density at radius 1 is 0.760 bits per heavy atom. The number of aryl methyl sites for hydroxylation is 2. The van der Waals surface area contributed by atoms with Crippen molar-refractivity contribution in [2.24, 2.45) is 0 Å². The van der Waals surface area contributed by atoms with Gasteiger partial charge in [0, 0.05) is 36.1 Å². The van der Waals surface area contributed by atoms with E-state index in [1.165, 1.54) is 0 Å². The van der Waals surface area contributed by atoms with Gasteiger partial charge in [-0.05, 0) is 30.3 Å². The van der Waals surface area contributed by atoms with Gasteiger partial charge in [-0.2, -0.15) is 0 Å². The summed E-state index contributed by atoms with van der Waals surface area (Å²) < 4.78 is 3.85. The van der Waals surface area contributed by atoms with Crippen LogP contribution < -0.4 is 19.3 Å². The average Bonchev–Trinajstić information content (AvgIpc) is 2.55. The zero-order chi connectivity index (χ0) is 16.7. The Morgan fingerprint density at radius 3 is 1.52 bits per heavy atom. The number of unbranched alkanes of at least 4 members (excludes halogenated alkanes) is 2. The summed E-state index contributed by atoms with van der Waals surface area (Å²) in [6, 6.07) is 6.84. The predicted octanol–water partition coefficient (Wildman–Crippen LogP) is 0.659. The molecule has 0 radical (unpaired) electrons. The van der Waals surface area contributed by atoms with Crippen LogP contribution in [-0.4, -0.2) is 11.8 Å². The van der Waals surface area contributed by atoms with Gasteiger partial charge in [0.2, 0.25) is 0 Å². The highest BCUT2D eigenvalue weighted by atomic mass is 79.9. The maximum atomic E-state index is 11.0. The molecule has 25 heavy (non-hydrogen) atoms. The van der Waals surface area contributed by atoms with Crippen molar-refractivity contribution < 1.29 is 19.3 Å². The van der Waals surface area contributed by atoms with Crippen LogP contribution in [0.15, 0.2) is 49.1 Å². The zero-order valence-corrected chi connectivity index (χ0v) is 17.1. The minimum Gasteiger partial charge on any atom is -0.859 e. The predicted molar refractivity (Wildman–Crippen MR) is 101 cm³/mol. The molecule has 2 aromatic heterocycles. The lowest BCUT2D eigenvalue weighted by molar-refractivity contribution is -0.701. The Hall–Kier alpha value is -1.80. The van der Waals surface area contributed by atoms with Crippen molar-refractivity contribution in [3.8, 4) is 0 Å². The fourth-order valence-corrected chi connectivity index (χ4v) is 2.36. The van der Waals surface area contributed by atoms with Crippen molar-refractivity contribution in [2.45, 2.75) is 32.4 Å². The zero-order valence-electron chi connectivity index (χ0n) is 13.7. The number of rotatable bonds is 8. The van der Waals surface area contributed by atoms with Gasteiger partial charge in [0.25, 0.3) is 0 Å². The molecule has 136 valence electrons. The molecule has 0 saturated heterocycles. The third-order valence-electron chi connectivity index (χ3n) is 3.57. The fraction of sp³-hybridized carbons (Fsp3) is 0.294. The number of hydrogen-bond donors (Lipinski definition) is 2. The van der Waals surface area contributed by atoms with Crippen molar-refractivity contribution in [3.05, 3.63) is 60.2 Å². The first-order valence-corrected chi connectivity index (χ1v) is 7.56. The van der Waals surface area contributed by atoms with Gasteiger partial charge in [0.1, 0.15) is 13.1 Å². The SMILES string of the molecule is Br.Br.N=C([O-])c1ccc[n+](CCCCC[n+]2cccc(C(=N)[O-])c2)c1. The highest BCUT2D eigenvalue weighted by Gasteiger charge is 2.05. The number of nitrogens with one attached hydrogen (secondary N) is 2. The summed E-state index contributed by atoms with van der Waals surface area (Å²) in [5.74, 6) is -1.33. The van der Waals surface area contributed by atoms with E-state index in [1.807, 2.05) is 21.5 Å². The van der Waals surface area contributed by atoms with Gasteiger partial charge in [-0.3, -0.25) is 0 Å². The summed E-state index contributed by atoms with van der Waals surface area (Å²) in [5.41, 5.74) is 0.805. The summed E-state index contributed by atoms with van der Waals surface area (Å²) in [7, 11) is 0. The lowest BCUT2D eigenvalue weighted by Crippen LogP contribution is -2.36. The molecular formula is C17H22Br2N4O2. The van der Waals surface area contributed by atoms with E-state index in [0.717, 1.165) is 32.4 Å².